The van der Waals surface area contributed by atoms with E-state index >= 15 is 0 Å². The number of methoxy groups -OCH3 is 1. The van der Waals surface area contributed by atoms with Crippen molar-refractivity contribution in [2.45, 2.75) is 13.8 Å². The predicted octanol–water partition coefficient (Wildman–Crippen LogP) is 3.33. The van der Waals surface area contributed by atoms with Crippen molar-refractivity contribution < 1.29 is 19.4 Å². The van der Waals surface area contributed by atoms with E-state index in [2.05, 4.69) is 0 Å². The van der Waals surface area contributed by atoms with Crippen LogP contribution in [0.1, 0.15) is 31.8 Å². The zero-order chi connectivity index (χ0) is 15.8. The second kappa shape index (κ2) is 7.85. The third kappa shape index (κ3) is 4.76. The number of aromatic hydroxyl groups is 1. The number of carbonyl (C=O) groups excluding carboxylic acids is 2. The van der Waals surface area contributed by atoms with Gasteiger partial charge in [-0.3, -0.25) is 9.59 Å². The van der Waals surface area contributed by atoms with Crippen molar-refractivity contribution in [3.05, 3.63) is 58.7 Å². The number of rotatable bonds is 3. The van der Waals surface area contributed by atoms with Gasteiger partial charge in [-0.2, -0.15) is 0 Å². The highest BCUT2D eigenvalue weighted by Gasteiger charge is 1.97. The summed E-state index contributed by atoms with van der Waals surface area (Å²) < 4.78 is 5.03. The van der Waals surface area contributed by atoms with Gasteiger partial charge in [-0.25, -0.2) is 0 Å². The molecule has 0 spiro atoms. The molecule has 2 rings (SSSR count). The molecule has 0 saturated heterocycles. The number of ether oxygens (including phenoxy) is 1. The highest BCUT2D eigenvalue weighted by molar-refractivity contribution is 5.76. The summed E-state index contributed by atoms with van der Waals surface area (Å²) in [5, 5.41) is 9.02. The van der Waals surface area contributed by atoms with Gasteiger partial charge in [0.15, 0.2) is 0 Å². The second-order valence-corrected chi connectivity index (χ2v) is 4.51. The maximum Gasteiger partial charge on any atom is 0.150 e. The van der Waals surface area contributed by atoms with Crippen molar-refractivity contribution in [2.75, 3.05) is 7.11 Å². The van der Waals surface area contributed by atoms with Crippen molar-refractivity contribution in [3.63, 3.8) is 0 Å². The van der Waals surface area contributed by atoms with Gasteiger partial charge < -0.3 is 9.84 Å². The Kier molecular flexibility index (Phi) is 6.14. The molecule has 4 nitrogen and oxygen atoms in total. The Balaban J connectivity index is 0.000000211. The van der Waals surface area contributed by atoms with Crippen LogP contribution < -0.4 is 4.74 Å². The highest BCUT2D eigenvalue weighted by Crippen LogP contribution is 2.17. The lowest BCUT2D eigenvalue weighted by Crippen LogP contribution is -1.88. The summed E-state index contributed by atoms with van der Waals surface area (Å²) >= 11 is 0. The van der Waals surface area contributed by atoms with E-state index in [-0.39, 0.29) is 5.75 Å². The summed E-state index contributed by atoms with van der Waals surface area (Å²) in [7, 11) is 1.61. The minimum Gasteiger partial charge on any atom is -0.508 e. The first-order valence-corrected chi connectivity index (χ1v) is 6.36. The molecule has 0 atom stereocenters. The van der Waals surface area contributed by atoms with Gasteiger partial charge in [-0.05, 0) is 61.4 Å². The summed E-state index contributed by atoms with van der Waals surface area (Å²) in [5.74, 6) is 1.04. The molecule has 0 fully saturated rings. The number of phenolic OH excluding ortho intramolecular Hbond substituents is 1. The van der Waals surface area contributed by atoms with Crippen LogP contribution in [-0.2, 0) is 0 Å². The van der Waals surface area contributed by atoms with Gasteiger partial charge in [0.05, 0.1) is 7.11 Å². The second-order valence-electron chi connectivity index (χ2n) is 4.51. The molecule has 110 valence electrons. The van der Waals surface area contributed by atoms with Crippen molar-refractivity contribution >= 4 is 12.6 Å². The van der Waals surface area contributed by atoms with Crippen molar-refractivity contribution in [1.82, 2.24) is 0 Å². The van der Waals surface area contributed by atoms with E-state index in [1.165, 1.54) is 6.07 Å². The third-order valence-corrected chi connectivity index (χ3v) is 2.91. The zero-order valence-electron chi connectivity index (χ0n) is 12.3. The molecule has 21 heavy (non-hydrogen) atoms. The van der Waals surface area contributed by atoms with Gasteiger partial charge >= 0.3 is 0 Å². The number of hydrogen-bond donors (Lipinski definition) is 1. The average Bonchev–Trinajstić information content (AvgIpc) is 2.50. The fourth-order valence-corrected chi connectivity index (χ4v) is 1.73. The van der Waals surface area contributed by atoms with Crippen LogP contribution >= 0.6 is 0 Å². The standard InChI is InChI=1S/C9H10O2.C8H8O2/c1-7-5-8(6-10)3-4-9(7)11-2;1-6-4-7(5-9)2-3-8(6)10/h3-6H,1-2H3;2-5,10H,1H3. The number of hydrogen-bond acceptors (Lipinski definition) is 4. The number of benzene rings is 2. The fourth-order valence-electron chi connectivity index (χ4n) is 1.73. The lowest BCUT2D eigenvalue weighted by Gasteiger charge is -2.03. The molecule has 0 amide bonds. The van der Waals surface area contributed by atoms with Crippen LogP contribution in [0.3, 0.4) is 0 Å². The monoisotopic (exact) mass is 286 g/mol. The largest absolute Gasteiger partial charge is 0.508 e. The van der Waals surface area contributed by atoms with Gasteiger partial charge in [0.25, 0.3) is 0 Å². The molecular formula is C17H18O4. The Morgan fingerprint density at radius 2 is 1.43 bits per heavy atom. The topological polar surface area (TPSA) is 63.6 Å². The number of aryl methyl sites for hydroxylation is 2. The van der Waals surface area contributed by atoms with E-state index in [9.17, 15) is 9.59 Å². The Bertz CT molecular complexity index is 633. The molecule has 2 aromatic carbocycles. The lowest BCUT2D eigenvalue weighted by molar-refractivity contribution is 0.111. The van der Waals surface area contributed by atoms with E-state index in [0.29, 0.717) is 11.1 Å². The van der Waals surface area contributed by atoms with Gasteiger partial charge in [-0.15, -0.1) is 0 Å². The summed E-state index contributed by atoms with van der Waals surface area (Å²) in [5.41, 5.74) is 2.99. The van der Waals surface area contributed by atoms with E-state index in [4.69, 9.17) is 9.84 Å². The highest BCUT2D eigenvalue weighted by atomic mass is 16.5. The molecule has 0 saturated carbocycles. The molecule has 1 N–H and O–H groups in total. The lowest BCUT2D eigenvalue weighted by atomic mass is 10.1. The van der Waals surface area contributed by atoms with Gasteiger partial charge in [0, 0.05) is 11.1 Å². The van der Waals surface area contributed by atoms with Crippen LogP contribution in [0.25, 0.3) is 0 Å². The van der Waals surface area contributed by atoms with E-state index in [0.717, 1.165) is 29.4 Å². The molecule has 0 bridgehead atoms. The number of carbonyl (C=O) groups is 2. The minimum atomic E-state index is 0.227. The number of aldehydes is 2. The molecule has 0 aromatic heterocycles. The van der Waals surface area contributed by atoms with Crippen LogP contribution in [0.5, 0.6) is 11.5 Å². The fraction of sp³-hybridized carbons (Fsp3) is 0.176. The van der Waals surface area contributed by atoms with Gasteiger partial charge in [-0.1, -0.05) is 0 Å². The normalized spacial score (nSPS) is 9.29. The summed E-state index contributed by atoms with van der Waals surface area (Å²) in [6.07, 6.45) is 1.58. The summed E-state index contributed by atoms with van der Waals surface area (Å²) in [6, 6.07) is 10.1. The maximum absolute atomic E-state index is 10.3. The van der Waals surface area contributed by atoms with Crippen LogP contribution in [0.2, 0.25) is 0 Å². The SMILES string of the molecule is COc1ccc(C=O)cc1C.Cc1cc(C=O)ccc1O. The summed E-state index contributed by atoms with van der Waals surface area (Å²) in [4.78, 5) is 20.5. The quantitative estimate of drug-likeness (QED) is 0.879. The van der Waals surface area contributed by atoms with E-state index < -0.39 is 0 Å². The molecule has 2 aromatic rings. The van der Waals surface area contributed by atoms with Crippen LogP contribution in [0, 0.1) is 13.8 Å². The molecule has 0 aliphatic rings. The molecular weight excluding hydrogens is 268 g/mol. The van der Waals surface area contributed by atoms with Crippen LogP contribution in [-0.4, -0.2) is 24.8 Å². The maximum atomic E-state index is 10.3. The average molecular weight is 286 g/mol. The predicted molar refractivity (Wildman–Crippen MR) is 81.3 cm³/mol. The Labute approximate surface area is 124 Å². The third-order valence-electron chi connectivity index (χ3n) is 2.91. The van der Waals surface area contributed by atoms with Crippen LogP contribution in [0.4, 0.5) is 0 Å². The van der Waals surface area contributed by atoms with Crippen LogP contribution in [0.15, 0.2) is 36.4 Å². The van der Waals surface area contributed by atoms with E-state index in [1.807, 2.05) is 6.92 Å². The first kappa shape index (κ1) is 16.4. The smallest absolute Gasteiger partial charge is 0.150 e. The zero-order valence-corrected chi connectivity index (χ0v) is 12.3. The molecule has 0 aliphatic heterocycles. The van der Waals surface area contributed by atoms with Gasteiger partial charge in [0.2, 0.25) is 0 Å². The van der Waals surface area contributed by atoms with Crippen molar-refractivity contribution in [1.29, 1.82) is 0 Å². The van der Waals surface area contributed by atoms with Crippen molar-refractivity contribution in [3.8, 4) is 11.5 Å². The molecule has 0 unspecified atom stereocenters. The molecule has 0 radical (unpaired) electrons. The van der Waals surface area contributed by atoms with Gasteiger partial charge in [0.1, 0.15) is 24.1 Å². The molecule has 0 aliphatic carbocycles. The Morgan fingerprint density at radius 1 is 0.905 bits per heavy atom. The Morgan fingerprint density at radius 3 is 1.86 bits per heavy atom. The van der Waals surface area contributed by atoms with Crippen molar-refractivity contribution in [2.24, 2.45) is 0 Å². The van der Waals surface area contributed by atoms with E-state index in [1.54, 1.807) is 44.4 Å². The molecule has 0 heterocycles. The summed E-state index contributed by atoms with van der Waals surface area (Å²) in [6.45, 7) is 3.66. The first-order chi connectivity index (χ1) is 10.0. The number of phenols is 1. The first-order valence-electron chi connectivity index (χ1n) is 6.36. The molecule has 4 heteroatoms. The Hall–Kier alpha value is -2.62. The minimum absolute atomic E-state index is 0.227.